The molecule has 0 aromatic rings. The van der Waals surface area contributed by atoms with E-state index in [4.69, 9.17) is 0 Å². The third-order valence-corrected chi connectivity index (χ3v) is 3.75. The molecule has 1 aliphatic carbocycles. The Morgan fingerprint density at radius 3 is 2.14 bits per heavy atom. The molecule has 0 radical (unpaired) electrons. The molecule has 2 atom stereocenters. The van der Waals surface area contributed by atoms with Crippen LogP contribution < -0.4 is 5.32 Å². The normalized spacial score (nSPS) is 22.9. The predicted octanol–water partition coefficient (Wildman–Crippen LogP) is 3.45. The minimum atomic E-state index is 0.271. The summed E-state index contributed by atoms with van der Waals surface area (Å²) in [7, 11) is 0. The zero-order valence-electron chi connectivity index (χ0n) is 10.6. The smallest absolute Gasteiger partial charge is 0.00966 e. The van der Waals surface area contributed by atoms with Crippen LogP contribution in [0.15, 0.2) is 0 Å². The van der Waals surface area contributed by atoms with E-state index in [0.29, 0.717) is 0 Å². The van der Waals surface area contributed by atoms with Crippen LogP contribution in [0.1, 0.15) is 53.9 Å². The summed E-state index contributed by atoms with van der Waals surface area (Å²) in [6.07, 6.45) is 4.41. The quantitative estimate of drug-likeness (QED) is 0.728. The van der Waals surface area contributed by atoms with Gasteiger partial charge in [0.2, 0.25) is 0 Å². The van der Waals surface area contributed by atoms with Gasteiger partial charge in [-0.15, -0.1) is 0 Å². The molecule has 0 amide bonds. The molecule has 0 bridgehead atoms. The molecule has 0 aromatic carbocycles. The van der Waals surface area contributed by atoms with Crippen molar-refractivity contribution in [2.45, 2.75) is 59.4 Å². The van der Waals surface area contributed by atoms with Crippen molar-refractivity contribution in [2.24, 2.45) is 17.8 Å². The van der Waals surface area contributed by atoms with Gasteiger partial charge in [0.15, 0.2) is 0 Å². The van der Waals surface area contributed by atoms with E-state index in [1.807, 2.05) is 0 Å². The zero-order chi connectivity index (χ0) is 10.8. The van der Waals surface area contributed by atoms with Crippen LogP contribution in [0, 0.1) is 17.8 Å². The van der Waals surface area contributed by atoms with Gasteiger partial charge in [-0.3, -0.25) is 0 Å². The lowest BCUT2D eigenvalue weighted by molar-refractivity contribution is 0.160. The fourth-order valence-electron chi connectivity index (χ4n) is 2.08. The molecule has 0 aliphatic heterocycles. The van der Waals surface area contributed by atoms with Crippen LogP contribution in [-0.2, 0) is 0 Å². The Kier molecular flexibility index (Phi) is 4.00. The van der Waals surface area contributed by atoms with Crippen molar-refractivity contribution < 1.29 is 0 Å². The van der Waals surface area contributed by atoms with E-state index in [1.165, 1.54) is 25.8 Å². The lowest BCUT2D eigenvalue weighted by atomic mass is 9.72. The maximum Gasteiger partial charge on any atom is 0.00966 e. The standard InChI is InChI=1S/C13H27N/c1-10(9-14-13(3,4)5)11(2)12-7-6-8-12/h10-12,14H,6-9H2,1-5H3. The summed E-state index contributed by atoms with van der Waals surface area (Å²) in [4.78, 5) is 0. The van der Waals surface area contributed by atoms with Gasteiger partial charge in [-0.05, 0) is 45.1 Å². The first-order valence-corrected chi connectivity index (χ1v) is 6.15. The molecule has 1 nitrogen and oxygen atoms in total. The molecule has 0 saturated heterocycles. The fourth-order valence-corrected chi connectivity index (χ4v) is 2.08. The van der Waals surface area contributed by atoms with Crippen LogP contribution in [0.4, 0.5) is 0 Å². The second kappa shape index (κ2) is 4.65. The number of hydrogen-bond acceptors (Lipinski definition) is 1. The van der Waals surface area contributed by atoms with Crippen molar-refractivity contribution >= 4 is 0 Å². The van der Waals surface area contributed by atoms with E-state index in [2.05, 4.69) is 39.9 Å². The maximum absolute atomic E-state index is 3.61. The summed E-state index contributed by atoms with van der Waals surface area (Å²) in [5.74, 6) is 2.74. The first-order chi connectivity index (χ1) is 6.40. The SMILES string of the molecule is CC(CNC(C)(C)C)C(C)C1CCC1. The molecule has 1 N–H and O–H groups in total. The zero-order valence-corrected chi connectivity index (χ0v) is 10.6. The van der Waals surface area contributed by atoms with Crippen LogP contribution >= 0.6 is 0 Å². The molecule has 1 fully saturated rings. The van der Waals surface area contributed by atoms with Crippen LogP contribution in [0.3, 0.4) is 0 Å². The van der Waals surface area contributed by atoms with E-state index >= 15 is 0 Å². The summed E-state index contributed by atoms with van der Waals surface area (Å²) in [6.45, 7) is 12.7. The summed E-state index contributed by atoms with van der Waals surface area (Å²) in [5.41, 5.74) is 0.271. The Hall–Kier alpha value is -0.0400. The third kappa shape index (κ3) is 3.61. The van der Waals surface area contributed by atoms with Crippen LogP contribution in [0.2, 0.25) is 0 Å². The molecule has 84 valence electrons. The predicted molar refractivity (Wildman–Crippen MR) is 63.4 cm³/mol. The minimum absolute atomic E-state index is 0.271. The van der Waals surface area contributed by atoms with Crippen molar-refractivity contribution in [1.29, 1.82) is 0 Å². The van der Waals surface area contributed by atoms with Crippen molar-refractivity contribution in [2.75, 3.05) is 6.54 Å². The molecular formula is C13H27N. The van der Waals surface area contributed by atoms with Gasteiger partial charge in [0.05, 0.1) is 0 Å². The van der Waals surface area contributed by atoms with Gasteiger partial charge in [0, 0.05) is 5.54 Å². The summed E-state index contributed by atoms with van der Waals surface area (Å²) < 4.78 is 0. The van der Waals surface area contributed by atoms with Crippen molar-refractivity contribution in [3.8, 4) is 0 Å². The third-order valence-electron chi connectivity index (χ3n) is 3.75. The van der Waals surface area contributed by atoms with E-state index in [-0.39, 0.29) is 5.54 Å². The van der Waals surface area contributed by atoms with Crippen LogP contribution in [0.5, 0.6) is 0 Å². The molecular weight excluding hydrogens is 170 g/mol. The van der Waals surface area contributed by atoms with E-state index in [1.54, 1.807) is 0 Å². The highest BCUT2D eigenvalue weighted by Crippen LogP contribution is 2.36. The van der Waals surface area contributed by atoms with Gasteiger partial charge < -0.3 is 5.32 Å². The Balaban J connectivity index is 2.23. The van der Waals surface area contributed by atoms with Gasteiger partial charge in [0.1, 0.15) is 0 Å². The molecule has 1 rings (SSSR count). The molecule has 0 heterocycles. The molecule has 1 aliphatic rings. The van der Waals surface area contributed by atoms with Gasteiger partial charge in [-0.2, -0.15) is 0 Å². The highest BCUT2D eigenvalue weighted by molar-refractivity contribution is 4.80. The molecule has 0 spiro atoms. The lowest BCUT2D eigenvalue weighted by Gasteiger charge is -2.36. The maximum atomic E-state index is 3.61. The minimum Gasteiger partial charge on any atom is -0.312 e. The highest BCUT2D eigenvalue weighted by Gasteiger charge is 2.27. The summed E-state index contributed by atoms with van der Waals surface area (Å²) in [6, 6.07) is 0. The van der Waals surface area contributed by atoms with Crippen LogP contribution in [0.25, 0.3) is 0 Å². The second-order valence-corrected chi connectivity index (χ2v) is 6.16. The monoisotopic (exact) mass is 197 g/mol. The second-order valence-electron chi connectivity index (χ2n) is 6.16. The fraction of sp³-hybridized carbons (Fsp3) is 1.00. The number of nitrogens with one attached hydrogen (secondary N) is 1. The van der Waals surface area contributed by atoms with Crippen molar-refractivity contribution in [3.63, 3.8) is 0 Å². The van der Waals surface area contributed by atoms with Crippen molar-refractivity contribution in [1.82, 2.24) is 5.32 Å². The first-order valence-electron chi connectivity index (χ1n) is 6.15. The summed E-state index contributed by atoms with van der Waals surface area (Å²) >= 11 is 0. The number of hydrogen-bond donors (Lipinski definition) is 1. The molecule has 1 saturated carbocycles. The first kappa shape index (κ1) is 12.0. The van der Waals surface area contributed by atoms with E-state index < -0.39 is 0 Å². The molecule has 2 unspecified atom stereocenters. The van der Waals surface area contributed by atoms with Crippen LogP contribution in [-0.4, -0.2) is 12.1 Å². The summed E-state index contributed by atoms with van der Waals surface area (Å²) in [5, 5.41) is 3.61. The van der Waals surface area contributed by atoms with Gasteiger partial charge in [-0.25, -0.2) is 0 Å². The molecule has 1 heteroatoms. The Morgan fingerprint density at radius 1 is 1.21 bits per heavy atom. The van der Waals surface area contributed by atoms with Gasteiger partial charge in [-0.1, -0.05) is 33.1 Å². The molecule has 0 aromatic heterocycles. The Labute approximate surface area is 89.7 Å². The van der Waals surface area contributed by atoms with Crippen molar-refractivity contribution in [3.05, 3.63) is 0 Å². The topological polar surface area (TPSA) is 12.0 Å². The average molecular weight is 197 g/mol. The van der Waals surface area contributed by atoms with E-state index in [9.17, 15) is 0 Å². The van der Waals surface area contributed by atoms with E-state index in [0.717, 1.165) is 17.8 Å². The highest BCUT2D eigenvalue weighted by atomic mass is 14.9. The largest absolute Gasteiger partial charge is 0.312 e. The average Bonchev–Trinajstić information content (AvgIpc) is 1.95. The number of rotatable bonds is 4. The van der Waals surface area contributed by atoms with Gasteiger partial charge in [0.25, 0.3) is 0 Å². The molecule has 14 heavy (non-hydrogen) atoms. The lowest BCUT2D eigenvalue weighted by Crippen LogP contribution is -2.41. The Bertz CT molecular complexity index is 165. The van der Waals surface area contributed by atoms with Gasteiger partial charge >= 0.3 is 0 Å². The Morgan fingerprint density at radius 2 is 1.79 bits per heavy atom.